The van der Waals surface area contributed by atoms with Crippen LogP contribution in [-0.4, -0.2) is 35.8 Å². The van der Waals surface area contributed by atoms with Crippen molar-refractivity contribution in [2.24, 2.45) is 0 Å². The maximum absolute atomic E-state index is 13.9. The molecule has 216 valence electrons. The summed E-state index contributed by atoms with van der Waals surface area (Å²) in [5.74, 6) is -4.56. The van der Waals surface area contributed by atoms with Gasteiger partial charge in [-0.05, 0) is 49.7 Å². The highest BCUT2D eigenvalue weighted by Gasteiger charge is 2.41. The Balaban J connectivity index is 1.32. The molecule has 12 heteroatoms. The van der Waals surface area contributed by atoms with E-state index in [1.807, 2.05) is 0 Å². The number of alkyl halides is 3. The minimum absolute atomic E-state index is 0.0296. The van der Waals surface area contributed by atoms with Crippen LogP contribution in [-0.2, 0) is 11.0 Å². The number of carbonyl (C=O) groups excluding carboxylic acids is 3. The predicted octanol–water partition coefficient (Wildman–Crippen LogP) is 5.98. The van der Waals surface area contributed by atoms with E-state index in [0.717, 1.165) is 17.0 Å². The molecule has 0 unspecified atom stereocenters. The summed E-state index contributed by atoms with van der Waals surface area (Å²) in [4.78, 5) is 51.5. The number of benzene rings is 3. The van der Waals surface area contributed by atoms with E-state index in [9.17, 15) is 32.3 Å². The molecule has 1 aromatic heterocycles. The van der Waals surface area contributed by atoms with Crippen LogP contribution in [0.2, 0.25) is 0 Å². The molecule has 1 aliphatic rings. The average Bonchev–Trinajstić information content (AvgIpc) is 3.20. The van der Waals surface area contributed by atoms with Crippen LogP contribution in [0.25, 0.3) is 11.0 Å². The first-order valence-electron chi connectivity index (χ1n) is 12.8. The Hall–Kier alpha value is -5.13. The van der Waals surface area contributed by atoms with Crippen molar-refractivity contribution in [3.8, 4) is 23.0 Å². The van der Waals surface area contributed by atoms with E-state index in [-0.39, 0.29) is 59.8 Å². The van der Waals surface area contributed by atoms with Gasteiger partial charge in [-0.15, -0.1) is 0 Å². The maximum atomic E-state index is 13.9. The highest BCUT2D eigenvalue weighted by Crippen LogP contribution is 2.40. The fraction of sp³-hybridized carbons (Fsp3) is 0.200. The lowest BCUT2D eigenvalue weighted by Crippen LogP contribution is -2.31. The zero-order valence-electron chi connectivity index (χ0n) is 22.0. The number of amides is 2. The van der Waals surface area contributed by atoms with E-state index in [1.54, 1.807) is 37.3 Å². The number of halogens is 3. The van der Waals surface area contributed by atoms with Crippen molar-refractivity contribution >= 4 is 28.8 Å². The van der Waals surface area contributed by atoms with Gasteiger partial charge in [0.05, 0.1) is 23.1 Å². The number of hydrogen-bond acceptors (Lipinski definition) is 8. The predicted molar refractivity (Wildman–Crippen MR) is 142 cm³/mol. The molecule has 0 radical (unpaired) electrons. The molecule has 0 atom stereocenters. The highest BCUT2D eigenvalue weighted by molar-refractivity contribution is 6.21. The summed E-state index contributed by atoms with van der Waals surface area (Å²) in [5, 5.41) is -0.239. The topological polar surface area (TPSA) is 112 Å². The molecule has 1 aliphatic heterocycles. The number of fused-ring (bicyclic) bond motifs is 2. The second-order valence-electron chi connectivity index (χ2n) is 9.11. The second-order valence-corrected chi connectivity index (χ2v) is 9.11. The SMILES string of the molecule is CCOc1ccccc1Oc1c(C(F)(F)F)oc2cc(OC(=O)CCCN3C(=O)c4ccccc4C3=O)ccc2c1=O. The zero-order chi connectivity index (χ0) is 30.0. The lowest BCUT2D eigenvalue weighted by Gasteiger charge is -2.15. The average molecular weight is 581 g/mol. The third-order valence-electron chi connectivity index (χ3n) is 6.31. The van der Waals surface area contributed by atoms with Gasteiger partial charge in [-0.3, -0.25) is 24.1 Å². The number of rotatable bonds is 9. The summed E-state index contributed by atoms with van der Waals surface area (Å²) < 4.78 is 62.9. The second kappa shape index (κ2) is 11.4. The third-order valence-corrected chi connectivity index (χ3v) is 6.31. The molecule has 0 fully saturated rings. The minimum atomic E-state index is -5.10. The fourth-order valence-corrected chi connectivity index (χ4v) is 4.42. The molecule has 42 heavy (non-hydrogen) atoms. The van der Waals surface area contributed by atoms with Gasteiger partial charge in [-0.2, -0.15) is 13.2 Å². The van der Waals surface area contributed by atoms with Crippen LogP contribution in [0.5, 0.6) is 23.0 Å². The number of carbonyl (C=O) groups is 3. The van der Waals surface area contributed by atoms with Crippen LogP contribution in [0.15, 0.2) is 75.9 Å². The fourth-order valence-electron chi connectivity index (χ4n) is 4.42. The highest BCUT2D eigenvalue weighted by atomic mass is 19.4. The quantitative estimate of drug-likeness (QED) is 0.135. The molecule has 9 nitrogen and oxygen atoms in total. The van der Waals surface area contributed by atoms with Crippen molar-refractivity contribution in [2.75, 3.05) is 13.2 Å². The molecular weight excluding hydrogens is 559 g/mol. The van der Waals surface area contributed by atoms with E-state index in [0.29, 0.717) is 0 Å². The van der Waals surface area contributed by atoms with Crippen molar-refractivity contribution in [3.05, 3.63) is 93.8 Å². The van der Waals surface area contributed by atoms with Gasteiger partial charge in [0.2, 0.25) is 11.2 Å². The van der Waals surface area contributed by atoms with Crippen molar-refractivity contribution < 1.29 is 46.2 Å². The molecule has 0 saturated heterocycles. The van der Waals surface area contributed by atoms with E-state index < -0.39 is 46.5 Å². The van der Waals surface area contributed by atoms with Gasteiger partial charge >= 0.3 is 12.1 Å². The summed E-state index contributed by atoms with van der Waals surface area (Å²) in [6, 6.07) is 15.7. The summed E-state index contributed by atoms with van der Waals surface area (Å²) in [7, 11) is 0. The van der Waals surface area contributed by atoms with E-state index in [4.69, 9.17) is 18.6 Å². The Labute approximate surface area is 236 Å². The zero-order valence-corrected chi connectivity index (χ0v) is 22.0. The van der Waals surface area contributed by atoms with Crippen LogP contribution < -0.4 is 19.6 Å². The smallest absolute Gasteiger partial charge is 0.453 e. The number of hydrogen-bond donors (Lipinski definition) is 0. The van der Waals surface area contributed by atoms with Gasteiger partial charge in [0.25, 0.3) is 17.6 Å². The van der Waals surface area contributed by atoms with Crippen LogP contribution in [0.4, 0.5) is 13.2 Å². The lowest BCUT2D eigenvalue weighted by molar-refractivity contribution is -0.154. The van der Waals surface area contributed by atoms with E-state index >= 15 is 0 Å². The number of esters is 1. The van der Waals surface area contributed by atoms with Crippen molar-refractivity contribution in [2.45, 2.75) is 25.9 Å². The Morgan fingerprint density at radius 2 is 1.55 bits per heavy atom. The van der Waals surface area contributed by atoms with Crippen molar-refractivity contribution in [1.29, 1.82) is 0 Å². The van der Waals surface area contributed by atoms with Gasteiger partial charge in [0, 0.05) is 19.0 Å². The van der Waals surface area contributed by atoms with Gasteiger partial charge in [-0.25, -0.2) is 0 Å². The molecule has 0 aliphatic carbocycles. The Morgan fingerprint density at radius 3 is 2.19 bits per heavy atom. The number of nitrogens with zero attached hydrogens (tertiary/aromatic N) is 1. The van der Waals surface area contributed by atoms with E-state index in [2.05, 4.69) is 0 Å². The molecule has 0 bridgehead atoms. The molecule has 5 rings (SSSR count). The van der Waals surface area contributed by atoms with Crippen LogP contribution >= 0.6 is 0 Å². The van der Waals surface area contributed by atoms with Crippen molar-refractivity contribution in [1.82, 2.24) is 4.90 Å². The Morgan fingerprint density at radius 1 is 0.905 bits per heavy atom. The monoisotopic (exact) mass is 581 g/mol. The first-order chi connectivity index (χ1) is 20.1. The molecular formula is C30H22F3NO8. The number of ether oxygens (including phenoxy) is 3. The largest absolute Gasteiger partial charge is 0.490 e. The molecule has 0 N–H and O–H groups in total. The molecule has 2 amide bonds. The molecule has 3 aromatic carbocycles. The van der Waals surface area contributed by atoms with Crippen LogP contribution in [0.3, 0.4) is 0 Å². The summed E-state index contributed by atoms with van der Waals surface area (Å²) in [6.07, 6.45) is -5.20. The maximum Gasteiger partial charge on any atom is 0.453 e. The van der Waals surface area contributed by atoms with Gasteiger partial charge in [0.1, 0.15) is 11.3 Å². The van der Waals surface area contributed by atoms with Gasteiger partial charge in [0.15, 0.2) is 11.5 Å². The van der Waals surface area contributed by atoms with Crippen LogP contribution in [0, 0.1) is 0 Å². The van der Waals surface area contributed by atoms with Gasteiger partial charge in [-0.1, -0.05) is 24.3 Å². The Bertz CT molecular complexity index is 1730. The summed E-state index contributed by atoms with van der Waals surface area (Å²) >= 11 is 0. The standard InChI is InChI=1S/C30H22F3NO8/c1-2-39-21-10-5-6-11-22(21)41-26-25(36)20-14-13-17(16-23(20)42-27(26)30(31,32)33)40-24(35)12-7-15-34-28(37)18-8-3-4-9-19(18)29(34)38/h3-6,8-11,13-14,16H,2,7,12,15H2,1H3. The molecule has 0 spiro atoms. The lowest BCUT2D eigenvalue weighted by atomic mass is 10.1. The minimum Gasteiger partial charge on any atom is -0.490 e. The first kappa shape index (κ1) is 28.4. The number of imide groups is 1. The van der Waals surface area contributed by atoms with Crippen molar-refractivity contribution in [3.63, 3.8) is 0 Å². The molecule has 0 saturated carbocycles. The normalized spacial score (nSPS) is 12.9. The molecule has 2 heterocycles. The number of para-hydroxylation sites is 2. The molecule has 4 aromatic rings. The first-order valence-corrected chi connectivity index (χ1v) is 12.8. The van der Waals surface area contributed by atoms with E-state index in [1.165, 1.54) is 24.3 Å². The third kappa shape index (κ3) is 5.55. The summed E-state index contributed by atoms with van der Waals surface area (Å²) in [6.45, 7) is 1.86. The summed E-state index contributed by atoms with van der Waals surface area (Å²) in [5.41, 5.74) is -0.996. The van der Waals surface area contributed by atoms with Gasteiger partial charge < -0.3 is 18.6 Å². The van der Waals surface area contributed by atoms with Crippen LogP contribution in [0.1, 0.15) is 46.2 Å². The Kier molecular flexibility index (Phi) is 7.70.